The van der Waals surface area contributed by atoms with E-state index < -0.39 is 14.9 Å². The summed E-state index contributed by atoms with van der Waals surface area (Å²) in [5.41, 5.74) is 0.821. The summed E-state index contributed by atoms with van der Waals surface area (Å²) in [5.74, 6) is 0.153. The van der Waals surface area contributed by atoms with E-state index in [9.17, 15) is 18.5 Å². The van der Waals surface area contributed by atoms with Crippen molar-refractivity contribution in [2.75, 3.05) is 0 Å². The van der Waals surface area contributed by atoms with Gasteiger partial charge in [0, 0.05) is 17.3 Å². The van der Waals surface area contributed by atoms with Crippen molar-refractivity contribution >= 4 is 21.4 Å². The Morgan fingerprint density at radius 2 is 2.10 bits per heavy atom. The van der Waals surface area contributed by atoms with Crippen LogP contribution in [0.4, 0.5) is 5.69 Å². The number of benzene rings is 1. The van der Waals surface area contributed by atoms with Crippen LogP contribution < -0.4 is 4.83 Å². The van der Waals surface area contributed by atoms with Crippen molar-refractivity contribution in [2.24, 2.45) is 11.0 Å². The van der Waals surface area contributed by atoms with E-state index in [-0.39, 0.29) is 16.5 Å². The first-order valence-corrected chi connectivity index (χ1v) is 7.98. The van der Waals surface area contributed by atoms with Crippen molar-refractivity contribution in [3.05, 3.63) is 33.9 Å². The van der Waals surface area contributed by atoms with E-state index >= 15 is 0 Å². The Bertz CT molecular complexity index is 668. The van der Waals surface area contributed by atoms with Crippen molar-refractivity contribution in [1.82, 2.24) is 4.83 Å². The maximum absolute atomic E-state index is 12.1. The minimum atomic E-state index is -3.91. The number of aryl methyl sites for hydroxylation is 1. The Morgan fingerprint density at radius 1 is 1.48 bits per heavy atom. The van der Waals surface area contributed by atoms with Gasteiger partial charge in [0.05, 0.1) is 9.82 Å². The molecule has 0 spiro atoms. The molecular weight excluding hydrogens is 294 g/mol. The van der Waals surface area contributed by atoms with Crippen molar-refractivity contribution in [3.8, 4) is 0 Å². The second-order valence-corrected chi connectivity index (χ2v) is 6.52. The standard InChI is InChI=1S/C13H19N3O4S/c1-5-9(2)11(4)14-15-21(19,20)12-7-6-10(3)13(8-12)16(17)18/h6-9,15H,5H2,1-4H3/b14-11+. The van der Waals surface area contributed by atoms with Gasteiger partial charge in [0.15, 0.2) is 0 Å². The number of rotatable bonds is 6. The van der Waals surface area contributed by atoms with Crippen molar-refractivity contribution < 1.29 is 13.3 Å². The fourth-order valence-corrected chi connectivity index (χ4v) is 2.43. The minimum absolute atomic E-state index is 0.153. The van der Waals surface area contributed by atoms with E-state index in [1.165, 1.54) is 12.1 Å². The molecule has 0 aliphatic heterocycles. The van der Waals surface area contributed by atoms with Crippen LogP contribution in [0.1, 0.15) is 32.8 Å². The zero-order valence-electron chi connectivity index (χ0n) is 12.5. The molecule has 7 nitrogen and oxygen atoms in total. The van der Waals surface area contributed by atoms with Crippen LogP contribution in [0.3, 0.4) is 0 Å². The molecule has 1 N–H and O–H groups in total. The highest BCUT2D eigenvalue weighted by Gasteiger charge is 2.19. The molecular formula is C13H19N3O4S. The fraction of sp³-hybridized carbons (Fsp3) is 0.462. The molecule has 0 aromatic heterocycles. The third-order valence-electron chi connectivity index (χ3n) is 3.36. The second kappa shape index (κ2) is 6.66. The fourth-order valence-electron chi connectivity index (χ4n) is 1.54. The topological polar surface area (TPSA) is 102 Å². The molecule has 0 saturated heterocycles. The van der Waals surface area contributed by atoms with Crippen LogP contribution in [0.15, 0.2) is 28.2 Å². The normalized spacial score (nSPS) is 13.8. The predicted octanol–water partition coefficient (Wildman–Crippen LogP) is 2.60. The summed E-state index contributed by atoms with van der Waals surface area (Å²) in [6.45, 7) is 7.19. The van der Waals surface area contributed by atoms with Crippen LogP contribution in [0.25, 0.3) is 0 Å². The van der Waals surface area contributed by atoms with Gasteiger partial charge < -0.3 is 0 Å². The van der Waals surface area contributed by atoms with E-state index in [0.717, 1.165) is 12.5 Å². The highest BCUT2D eigenvalue weighted by molar-refractivity contribution is 7.89. The molecule has 0 saturated carbocycles. The molecule has 1 rings (SSSR count). The zero-order chi connectivity index (χ0) is 16.2. The molecule has 0 bridgehead atoms. The van der Waals surface area contributed by atoms with E-state index in [1.807, 2.05) is 13.8 Å². The van der Waals surface area contributed by atoms with Crippen LogP contribution >= 0.6 is 0 Å². The molecule has 1 atom stereocenters. The number of sulfonamides is 1. The van der Waals surface area contributed by atoms with Gasteiger partial charge in [-0.25, -0.2) is 4.83 Å². The SMILES string of the molecule is CCC(C)/C(C)=N/NS(=O)(=O)c1ccc(C)c([N+](=O)[O-])c1. The van der Waals surface area contributed by atoms with Gasteiger partial charge >= 0.3 is 0 Å². The molecule has 116 valence electrons. The first-order chi connectivity index (χ1) is 9.69. The predicted molar refractivity (Wildman–Crippen MR) is 80.7 cm³/mol. The molecule has 21 heavy (non-hydrogen) atoms. The lowest BCUT2D eigenvalue weighted by atomic mass is 10.1. The van der Waals surface area contributed by atoms with Gasteiger partial charge in [0.1, 0.15) is 0 Å². The summed E-state index contributed by atoms with van der Waals surface area (Å²) in [4.78, 5) is 12.2. The van der Waals surface area contributed by atoms with Gasteiger partial charge in [-0.15, -0.1) is 0 Å². The number of nitro groups is 1. The molecule has 1 aromatic rings. The minimum Gasteiger partial charge on any atom is -0.258 e. The number of hydrazone groups is 1. The lowest BCUT2D eigenvalue weighted by Crippen LogP contribution is -2.21. The van der Waals surface area contributed by atoms with Crippen LogP contribution in [-0.4, -0.2) is 19.1 Å². The molecule has 0 fully saturated rings. The van der Waals surface area contributed by atoms with Gasteiger partial charge in [0.25, 0.3) is 15.7 Å². The van der Waals surface area contributed by atoms with Gasteiger partial charge in [-0.3, -0.25) is 10.1 Å². The summed E-state index contributed by atoms with van der Waals surface area (Å²) in [6, 6.07) is 3.75. The summed E-state index contributed by atoms with van der Waals surface area (Å²) in [5, 5.41) is 14.7. The summed E-state index contributed by atoms with van der Waals surface area (Å²) in [7, 11) is -3.91. The Balaban J connectivity index is 3.09. The number of hydrogen-bond acceptors (Lipinski definition) is 5. The quantitative estimate of drug-likeness (QED) is 0.495. The Morgan fingerprint density at radius 3 is 2.62 bits per heavy atom. The van der Waals surface area contributed by atoms with Gasteiger partial charge in [-0.1, -0.05) is 19.9 Å². The van der Waals surface area contributed by atoms with Crippen molar-refractivity contribution in [1.29, 1.82) is 0 Å². The monoisotopic (exact) mass is 313 g/mol. The average molecular weight is 313 g/mol. The van der Waals surface area contributed by atoms with E-state index in [0.29, 0.717) is 11.3 Å². The van der Waals surface area contributed by atoms with Crippen LogP contribution in [0.5, 0.6) is 0 Å². The number of nitrogens with one attached hydrogen (secondary N) is 1. The third-order valence-corrected chi connectivity index (χ3v) is 4.56. The Labute approximate surface area is 124 Å². The molecule has 0 aliphatic carbocycles. The highest BCUT2D eigenvalue weighted by Crippen LogP contribution is 2.22. The molecule has 0 heterocycles. The largest absolute Gasteiger partial charge is 0.276 e. The smallest absolute Gasteiger partial charge is 0.258 e. The first kappa shape index (κ1) is 17.1. The molecule has 0 radical (unpaired) electrons. The Hall–Kier alpha value is -1.96. The van der Waals surface area contributed by atoms with Gasteiger partial charge in [-0.2, -0.15) is 13.5 Å². The van der Waals surface area contributed by atoms with E-state index in [1.54, 1.807) is 13.8 Å². The second-order valence-electron chi connectivity index (χ2n) is 4.86. The number of hydrogen-bond donors (Lipinski definition) is 1. The summed E-state index contributed by atoms with van der Waals surface area (Å²) < 4.78 is 24.2. The van der Waals surface area contributed by atoms with E-state index in [2.05, 4.69) is 9.93 Å². The average Bonchev–Trinajstić information content (AvgIpc) is 2.43. The van der Waals surface area contributed by atoms with Gasteiger partial charge in [0.2, 0.25) is 0 Å². The molecule has 0 aliphatic rings. The number of nitro benzene ring substituents is 1. The molecule has 1 unspecified atom stereocenters. The van der Waals surface area contributed by atoms with Crippen molar-refractivity contribution in [3.63, 3.8) is 0 Å². The molecule has 1 aromatic carbocycles. The molecule has 8 heteroatoms. The van der Waals surface area contributed by atoms with Crippen molar-refractivity contribution in [2.45, 2.75) is 39.0 Å². The van der Waals surface area contributed by atoms with Crippen LogP contribution in [0, 0.1) is 23.0 Å². The molecule has 0 amide bonds. The third kappa shape index (κ3) is 4.25. The maximum Gasteiger partial charge on any atom is 0.276 e. The highest BCUT2D eigenvalue weighted by atomic mass is 32.2. The number of nitrogens with zero attached hydrogens (tertiary/aromatic N) is 2. The summed E-state index contributed by atoms with van der Waals surface area (Å²) in [6.07, 6.45) is 0.840. The maximum atomic E-state index is 12.1. The Kier molecular flexibility index (Phi) is 5.42. The first-order valence-electron chi connectivity index (χ1n) is 6.50. The lowest BCUT2D eigenvalue weighted by molar-refractivity contribution is -0.385. The lowest BCUT2D eigenvalue weighted by Gasteiger charge is -2.09. The summed E-state index contributed by atoms with van der Waals surface area (Å²) >= 11 is 0. The van der Waals surface area contributed by atoms with E-state index in [4.69, 9.17) is 0 Å². The van der Waals surface area contributed by atoms with Crippen LogP contribution in [-0.2, 0) is 10.0 Å². The van der Waals surface area contributed by atoms with Crippen LogP contribution in [0.2, 0.25) is 0 Å². The zero-order valence-corrected chi connectivity index (χ0v) is 13.3. The van der Waals surface area contributed by atoms with Gasteiger partial charge in [-0.05, 0) is 32.3 Å².